The first kappa shape index (κ1) is 18.6. The number of ketones is 1. The Labute approximate surface area is 160 Å². The second kappa shape index (κ2) is 7.21. The van der Waals surface area contributed by atoms with Crippen LogP contribution in [0.25, 0.3) is 0 Å². The molecule has 1 heterocycles. The maximum atomic E-state index is 12.9. The van der Waals surface area contributed by atoms with E-state index in [1.54, 1.807) is 18.2 Å². The lowest BCUT2D eigenvalue weighted by Gasteiger charge is -2.22. The molecule has 0 bridgehead atoms. The molecule has 0 unspecified atom stereocenters. The number of aryl methyl sites for hydroxylation is 1. The highest BCUT2D eigenvalue weighted by molar-refractivity contribution is 9.10. The number of carbonyl (C=O) groups is 2. The highest BCUT2D eigenvalue weighted by atomic mass is 79.9. The summed E-state index contributed by atoms with van der Waals surface area (Å²) in [5.74, 6) is -0.00930. The molecule has 1 atom stereocenters. The Morgan fingerprint density at radius 2 is 2.04 bits per heavy atom. The molecule has 0 radical (unpaired) electrons. The highest BCUT2D eigenvalue weighted by Gasteiger charge is 2.50. The number of anilines is 1. The Balaban J connectivity index is 1.82. The van der Waals surface area contributed by atoms with Crippen LogP contribution in [-0.2, 0) is 15.2 Å². The molecule has 0 aromatic heterocycles. The van der Waals surface area contributed by atoms with Crippen molar-refractivity contribution < 1.29 is 19.4 Å². The Morgan fingerprint density at radius 1 is 1.27 bits per heavy atom. The number of Topliss-reactive ketones (excluding diaryl/α,β-unsaturated/α-hetero) is 1. The molecule has 1 aliphatic heterocycles. The number of nitrogens with zero attached hydrogens (tertiary/aromatic N) is 1. The zero-order valence-electron chi connectivity index (χ0n) is 14.7. The van der Waals surface area contributed by atoms with Crippen LogP contribution in [0.2, 0.25) is 0 Å². The van der Waals surface area contributed by atoms with E-state index in [0.29, 0.717) is 11.3 Å². The van der Waals surface area contributed by atoms with Gasteiger partial charge in [-0.2, -0.15) is 0 Å². The standard InChI is InChI=1S/C20H20BrNO4/c1-13-4-3-5-16(10-13)26-9-8-22-18-7-6-15(21)11-17(18)20(25,19(22)24)12-14(2)23/h3-7,10-11,25H,8-9,12H2,1-2H3/t20-/m0/s1. The number of halogens is 1. The van der Waals surface area contributed by atoms with Crippen molar-refractivity contribution in [2.45, 2.75) is 25.9 Å². The molecule has 136 valence electrons. The van der Waals surface area contributed by atoms with Gasteiger partial charge in [-0.05, 0) is 49.7 Å². The van der Waals surface area contributed by atoms with E-state index in [9.17, 15) is 14.7 Å². The minimum absolute atomic E-state index is 0.246. The summed E-state index contributed by atoms with van der Waals surface area (Å²) in [6, 6.07) is 12.9. The molecule has 3 rings (SSSR count). The second-order valence-electron chi connectivity index (χ2n) is 6.52. The molecule has 2 aromatic rings. The zero-order valence-corrected chi connectivity index (χ0v) is 16.2. The molecule has 1 N–H and O–H groups in total. The lowest BCUT2D eigenvalue weighted by molar-refractivity contribution is -0.141. The molecule has 5 nitrogen and oxygen atoms in total. The van der Waals surface area contributed by atoms with Gasteiger partial charge >= 0.3 is 0 Å². The lowest BCUT2D eigenvalue weighted by Crippen LogP contribution is -2.43. The Kier molecular flexibility index (Phi) is 5.16. The third-order valence-corrected chi connectivity index (χ3v) is 4.87. The average molecular weight is 418 g/mol. The van der Waals surface area contributed by atoms with Gasteiger partial charge in [0.1, 0.15) is 18.1 Å². The molecule has 0 saturated carbocycles. The quantitative estimate of drug-likeness (QED) is 0.782. The average Bonchev–Trinajstić information content (AvgIpc) is 2.76. The largest absolute Gasteiger partial charge is 0.492 e. The van der Waals surface area contributed by atoms with Crippen molar-refractivity contribution in [3.63, 3.8) is 0 Å². The number of carbonyl (C=O) groups excluding carboxylic acids is 2. The van der Waals surface area contributed by atoms with E-state index in [4.69, 9.17) is 4.74 Å². The van der Waals surface area contributed by atoms with Crippen molar-refractivity contribution in [2.24, 2.45) is 0 Å². The Hall–Kier alpha value is -2.18. The van der Waals surface area contributed by atoms with Crippen LogP contribution in [0.4, 0.5) is 5.69 Å². The normalized spacial score (nSPS) is 18.8. The van der Waals surface area contributed by atoms with E-state index in [1.807, 2.05) is 31.2 Å². The molecule has 0 aliphatic carbocycles. The minimum Gasteiger partial charge on any atom is -0.492 e. The van der Waals surface area contributed by atoms with Gasteiger partial charge in [0, 0.05) is 16.5 Å². The van der Waals surface area contributed by atoms with Gasteiger partial charge in [0.2, 0.25) is 0 Å². The van der Waals surface area contributed by atoms with E-state index in [0.717, 1.165) is 15.8 Å². The van der Waals surface area contributed by atoms with Crippen molar-refractivity contribution in [3.05, 3.63) is 58.1 Å². The fourth-order valence-electron chi connectivity index (χ4n) is 3.24. The molecule has 2 aromatic carbocycles. The summed E-state index contributed by atoms with van der Waals surface area (Å²) in [5.41, 5.74) is 0.317. The smallest absolute Gasteiger partial charge is 0.264 e. The summed E-state index contributed by atoms with van der Waals surface area (Å²) < 4.78 is 6.47. The third kappa shape index (κ3) is 3.52. The van der Waals surface area contributed by atoms with E-state index >= 15 is 0 Å². The van der Waals surface area contributed by atoms with Gasteiger partial charge in [0.15, 0.2) is 5.60 Å². The van der Waals surface area contributed by atoms with Crippen molar-refractivity contribution in [3.8, 4) is 5.75 Å². The number of rotatable bonds is 6. The fraction of sp³-hybridized carbons (Fsp3) is 0.300. The fourth-order valence-corrected chi connectivity index (χ4v) is 3.60. The third-order valence-electron chi connectivity index (χ3n) is 4.37. The van der Waals surface area contributed by atoms with Gasteiger partial charge in [0.05, 0.1) is 12.2 Å². The summed E-state index contributed by atoms with van der Waals surface area (Å²) in [6.45, 7) is 3.90. The van der Waals surface area contributed by atoms with Crippen LogP contribution in [0.3, 0.4) is 0 Å². The topological polar surface area (TPSA) is 66.8 Å². The second-order valence-corrected chi connectivity index (χ2v) is 7.44. The van der Waals surface area contributed by atoms with Crippen LogP contribution in [0.15, 0.2) is 46.9 Å². The number of fused-ring (bicyclic) bond motifs is 1. The zero-order chi connectivity index (χ0) is 18.9. The monoisotopic (exact) mass is 417 g/mol. The number of amides is 1. The first-order valence-electron chi connectivity index (χ1n) is 8.34. The SMILES string of the molecule is CC(=O)C[C@@]1(O)C(=O)N(CCOc2cccc(C)c2)c2ccc(Br)cc21. The first-order chi connectivity index (χ1) is 12.3. The van der Waals surface area contributed by atoms with E-state index < -0.39 is 11.5 Å². The van der Waals surface area contributed by atoms with Crippen LogP contribution in [0, 0.1) is 6.92 Å². The van der Waals surface area contributed by atoms with E-state index in [-0.39, 0.29) is 25.4 Å². The molecule has 0 saturated heterocycles. The Bertz CT molecular complexity index is 867. The first-order valence-corrected chi connectivity index (χ1v) is 9.14. The maximum Gasteiger partial charge on any atom is 0.264 e. The highest BCUT2D eigenvalue weighted by Crippen LogP contribution is 2.43. The van der Waals surface area contributed by atoms with Gasteiger partial charge in [0.25, 0.3) is 5.91 Å². The molecule has 6 heteroatoms. The van der Waals surface area contributed by atoms with E-state index in [2.05, 4.69) is 15.9 Å². The maximum absolute atomic E-state index is 12.9. The van der Waals surface area contributed by atoms with Crippen LogP contribution in [0.1, 0.15) is 24.5 Å². The summed E-state index contributed by atoms with van der Waals surface area (Å²) in [4.78, 5) is 26.0. The summed E-state index contributed by atoms with van der Waals surface area (Å²) >= 11 is 3.36. The number of aliphatic hydroxyl groups is 1. The van der Waals surface area contributed by atoms with Crippen LogP contribution < -0.4 is 9.64 Å². The molecular weight excluding hydrogens is 398 g/mol. The van der Waals surface area contributed by atoms with Gasteiger partial charge < -0.3 is 14.7 Å². The summed E-state index contributed by atoms with van der Waals surface area (Å²) in [5, 5.41) is 11.0. The molecule has 0 spiro atoms. The molecular formula is C20H20BrNO4. The van der Waals surface area contributed by atoms with Gasteiger partial charge in [-0.3, -0.25) is 9.59 Å². The predicted octanol–water partition coefficient (Wildman–Crippen LogP) is 3.35. The molecule has 0 fully saturated rings. The minimum atomic E-state index is -1.83. The van der Waals surface area contributed by atoms with Gasteiger partial charge in [-0.1, -0.05) is 28.1 Å². The number of hydrogen-bond acceptors (Lipinski definition) is 4. The van der Waals surface area contributed by atoms with Crippen molar-refractivity contribution >= 4 is 33.3 Å². The Morgan fingerprint density at radius 3 is 2.73 bits per heavy atom. The van der Waals surface area contributed by atoms with Crippen molar-refractivity contribution in [1.82, 2.24) is 0 Å². The predicted molar refractivity (Wildman–Crippen MR) is 102 cm³/mol. The van der Waals surface area contributed by atoms with Gasteiger partial charge in [-0.15, -0.1) is 0 Å². The number of ether oxygens (including phenoxy) is 1. The molecule has 1 amide bonds. The van der Waals surface area contributed by atoms with Gasteiger partial charge in [-0.25, -0.2) is 0 Å². The van der Waals surface area contributed by atoms with Crippen molar-refractivity contribution in [2.75, 3.05) is 18.1 Å². The molecule has 26 heavy (non-hydrogen) atoms. The molecule has 1 aliphatic rings. The number of hydrogen-bond donors (Lipinski definition) is 1. The van der Waals surface area contributed by atoms with E-state index in [1.165, 1.54) is 11.8 Å². The summed E-state index contributed by atoms with van der Waals surface area (Å²) in [7, 11) is 0. The summed E-state index contributed by atoms with van der Waals surface area (Å²) in [6.07, 6.45) is -0.246. The van der Waals surface area contributed by atoms with Crippen LogP contribution in [0.5, 0.6) is 5.75 Å². The van der Waals surface area contributed by atoms with Crippen molar-refractivity contribution in [1.29, 1.82) is 0 Å². The lowest BCUT2D eigenvalue weighted by atomic mass is 9.90. The number of benzene rings is 2. The van der Waals surface area contributed by atoms with Crippen LogP contribution >= 0.6 is 15.9 Å². The van der Waals surface area contributed by atoms with Crippen LogP contribution in [-0.4, -0.2) is 29.9 Å².